The van der Waals surface area contributed by atoms with Crippen molar-refractivity contribution in [3.8, 4) is 0 Å². The minimum absolute atomic E-state index is 0.0193. The Morgan fingerprint density at radius 1 is 1.19 bits per heavy atom. The van der Waals surface area contributed by atoms with Gasteiger partial charge in [0, 0.05) is 25.0 Å². The molecule has 0 aromatic carbocycles. The molecule has 0 aliphatic heterocycles. The molecule has 1 unspecified atom stereocenters. The highest BCUT2D eigenvalue weighted by molar-refractivity contribution is 5.14. The minimum atomic E-state index is 0.0193. The maximum atomic E-state index is 6.32. The van der Waals surface area contributed by atoms with Crippen LogP contribution in [0.5, 0.6) is 0 Å². The van der Waals surface area contributed by atoms with Gasteiger partial charge in [-0.2, -0.15) is 0 Å². The van der Waals surface area contributed by atoms with E-state index < -0.39 is 0 Å². The molecule has 1 aromatic heterocycles. The number of pyridine rings is 1. The fourth-order valence-corrected chi connectivity index (χ4v) is 3.55. The maximum Gasteiger partial charge on any atom is 0.0837 e. The number of ether oxygens (including phenoxy) is 1. The average Bonchev–Trinajstić information content (AvgIpc) is 2.53. The highest BCUT2D eigenvalue weighted by atomic mass is 16.5. The fourth-order valence-electron chi connectivity index (χ4n) is 3.55. The third-order valence-electron chi connectivity index (χ3n) is 4.60. The van der Waals surface area contributed by atoms with Gasteiger partial charge in [0.25, 0.3) is 0 Å². The molecule has 1 heterocycles. The van der Waals surface area contributed by atoms with Crippen LogP contribution in [-0.4, -0.2) is 29.8 Å². The van der Waals surface area contributed by atoms with Gasteiger partial charge in [0.1, 0.15) is 0 Å². The van der Waals surface area contributed by atoms with Crippen molar-refractivity contribution < 1.29 is 4.74 Å². The molecule has 0 saturated heterocycles. The van der Waals surface area contributed by atoms with E-state index in [-0.39, 0.29) is 5.60 Å². The number of aromatic nitrogens is 1. The molecule has 118 valence electrons. The summed E-state index contributed by atoms with van der Waals surface area (Å²) >= 11 is 0. The average molecular weight is 290 g/mol. The van der Waals surface area contributed by atoms with E-state index in [9.17, 15) is 0 Å². The summed E-state index contributed by atoms with van der Waals surface area (Å²) in [6.45, 7) is 6.22. The Balaban J connectivity index is 2.15. The van der Waals surface area contributed by atoms with E-state index in [0.717, 1.165) is 26.0 Å². The Morgan fingerprint density at radius 2 is 1.90 bits per heavy atom. The Kier molecular flexibility index (Phi) is 6.65. The first-order chi connectivity index (χ1) is 10.3. The lowest BCUT2D eigenvalue weighted by atomic mass is 9.77. The van der Waals surface area contributed by atoms with Crippen molar-refractivity contribution in [1.29, 1.82) is 0 Å². The summed E-state index contributed by atoms with van der Waals surface area (Å²) in [4.78, 5) is 4.13. The molecule has 2 rings (SSSR count). The summed E-state index contributed by atoms with van der Waals surface area (Å²) < 4.78 is 6.32. The lowest BCUT2D eigenvalue weighted by Crippen LogP contribution is -2.55. The molecule has 1 saturated carbocycles. The van der Waals surface area contributed by atoms with Crippen molar-refractivity contribution in [2.24, 2.45) is 0 Å². The van der Waals surface area contributed by atoms with E-state index >= 15 is 0 Å². The predicted molar refractivity (Wildman–Crippen MR) is 87.5 cm³/mol. The monoisotopic (exact) mass is 290 g/mol. The molecule has 0 amide bonds. The minimum Gasteiger partial charge on any atom is -0.374 e. The first kappa shape index (κ1) is 16.4. The molecule has 1 atom stereocenters. The second-order valence-electron chi connectivity index (χ2n) is 6.12. The summed E-state index contributed by atoms with van der Waals surface area (Å²) in [5.74, 6) is 0. The molecule has 3 heteroatoms. The van der Waals surface area contributed by atoms with Crippen LogP contribution in [0, 0.1) is 0 Å². The normalized spacial score (nSPS) is 19.3. The first-order valence-electron chi connectivity index (χ1n) is 8.57. The predicted octanol–water partition coefficient (Wildman–Crippen LogP) is 3.73. The van der Waals surface area contributed by atoms with Crippen LogP contribution >= 0.6 is 0 Å². The van der Waals surface area contributed by atoms with Gasteiger partial charge in [0.15, 0.2) is 0 Å². The molecule has 0 bridgehead atoms. The van der Waals surface area contributed by atoms with Gasteiger partial charge in [-0.3, -0.25) is 4.98 Å². The first-order valence-corrected chi connectivity index (χ1v) is 8.57. The zero-order valence-electron chi connectivity index (χ0n) is 13.6. The summed E-state index contributed by atoms with van der Waals surface area (Å²) in [6.07, 6.45) is 12.3. The van der Waals surface area contributed by atoms with Crippen LogP contribution in [0.4, 0.5) is 0 Å². The Bertz CT molecular complexity index is 382. The van der Waals surface area contributed by atoms with Gasteiger partial charge < -0.3 is 10.1 Å². The van der Waals surface area contributed by atoms with Gasteiger partial charge >= 0.3 is 0 Å². The van der Waals surface area contributed by atoms with Gasteiger partial charge in [-0.25, -0.2) is 0 Å². The second-order valence-corrected chi connectivity index (χ2v) is 6.12. The highest BCUT2D eigenvalue weighted by Crippen LogP contribution is 2.36. The topological polar surface area (TPSA) is 34.2 Å². The SMILES string of the molecule is CCCNC(Cc1ccncc1)C1(OCC)CCCCC1. The zero-order chi connectivity index (χ0) is 15.0. The van der Waals surface area contributed by atoms with E-state index in [1.54, 1.807) is 0 Å². The van der Waals surface area contributed by atoms with Crippen molar-refractivity contribution in [1.82, 2.24) is 10.3 Å². The number of nitrogens with one attached hydrogen (secondary N) is 1. The van der Waals surface area contributed by atoms with Gasteiger partial charge in [0.2, 0.25) is 0 Å². The molecular weight excluding hydrogens is 260 g/mol. The quantitative estimate of drug-likeness (QED) is 0.792. The molecule has 21 heavy (non-hydrogen) atoms. The Labute approximate surface area is 129 Å². The molecule has 1 fully saturated rings. The molecule has 0 spiro atoms. The molecule has 1 aliphatic rings. The van der Waals surface area contributed by atoms with E-state index in [4.69, 9.17) is 4.74 Å². The second kappa shape index (κ2) is 8.50. The Hall–Kier alpha value is -0.930. The summed E-state index contributed by atoms with van der Waals surface area (Å²) in [7, 11) is 0. The van der Waals surface area contributed by atoms with Crippen LogP contribution in [0.2, 0.25) is 0 Å². The molecule has 1 N–H and O–H groups in total. The largest absolute Gasteiger partial charge is 0.374 e. The smallest absolute Gasteiger partial charge is 0.0837 e. The van der Waals surface area contributed by atoms with Crippen LogP contribution in [0.3, 0.4) is 0 Å². The van der Waals surface area contributed by atoms with Gasteiger partial charge in [-0.05, 0) is 56.8 Å². The molecule has 0 radical (unpaired) electrons. The number of hydrogen-bond donors (Lipinski definition) is 1. The Morgan fingerprint density at radius 3 is 2.52 bits per heavy atom. The number of rotatable bonds is 8. The summed E-state index contributed by atoms with van der Waals surface area (Å²) in [5.41, 5.74) is 1.37. The van der Waals surface area contributed by atoms with Gasteiger partial charge in [-0.15, -0.1) is 0 Å². The fraction of sp³-hybridized carbons (Fsp3) is 0.722. The van der Waals surface area contributed by atoms with Crippen molar-refractivity contribution in [3.05, 3.63) is 30.1 Å². The summed E-state index contributed by atoms with van der Waals surface area (Å²) in [6, 6.07) is 4.66. The standard InChI is InChI=1S/C18H30N2O/c1-3-12-20-17(15-16-8-13-19-14-9-16)18(21-4-2)10-6-5-7-11-18/h8-9,13-14,17,20H,3-7,10-12,15H2,1-2H3. The molecular formula is C18H30N2O. The lowest BCUT2D eigenvalue weighted by Gasteiger charge is -2.44. The van der Waals surface area contributed by atoms with E-state index in [2.05, 4.69) is 36.3 Å². The maximum absolute atomic E-state index is 6.32. The van der Waals surface area contributed by atoms with E-state index in [0.29, 0.717) is 6.04 Å². The van der Waals surface area contributed by atoms with Crippen molar-refractivity contribution in [2.45, 2.75) is 70.4 Å². The van der Waals surface area contributed by atoms with Crippen molar-refractivity contribution >= 4 is 0 Å². The van der Waals surface area contributed by atoms with Crippen molar-refractivity contribution in [3.63, 3.8) is 0 Å². The lowest BCUT2D eigenvalue weighted by molar-refractivity contribution is -0.0897. The molecule has 3 nitrogen and oxygen atoms in total. The van der Waals surface area contributed by atoms with E-state index in [1.165, 1.54) is 37.7 Å². The van der Waals surface area contributed by atoms with Crippen LogP contribution in [0.1, 0.15) is 57.9 Å². The van der Waals surface area contributed by atoms with Crippen LogP contribution in [-0.2, 0) is 11.2 Å². The summed E-state index contributed by atoms with van der Waals surface area (Å²) in [5, 5.41) is 3.77. The van der Waals surface area contributed by atoms with Crippen LogP contribution in [0.15, 0.2) is 24.5 Å². The van der Waals surface area contributed by atoms with Crippen molar-refractivity contribution in [2.75, 3.05) is 13.2 Å². The van der Waals surface area contributed by atoms with E-state index in [1.807, 2.05) is 12.4 Å². The zero-order valence-corrected chi connectivity index (χ0v) is 13.6. The molecule has 1 aliphatic carbocycles. The third kappa shape index (κ3) is 4.52. The highest BCUT2D eigenvalue weighted by Gasteiger charge is 2.40. The van der Waals surface area contributed by atoms with Gasteiger partial charge in [-0.1, -0.05) is 26.2 Å². The third-order valence-corrected chi connectivity index (χ3v) is 4.60. The number of hydrogen-bond acceptors (Lipinski definition) is 3. The molecule has 1 aromatic rings. The number of nitrogens with zero attached hydrogens (tertiary/aromatic N) is 1. The van der Waals surface area contributed by atoms with Crippen LogP contribution in [0.25, 0.3) is 0 Å². The van der Waals surface area contributed by atoms with Gasteiger partial charge in [0.05, 0.1) is 5.60 Å². The van der Waals surface area contributed by atoms with Crippen LogP contribution < -0.4 is 5.32 Å².